The van der Waals surface area contributed by atoms with Crippen molar-refractivity contribution in [1.82, 2.24) is 4.31 Å². The van der Waals surface area contributed by atoms with E-state index in [1.807, 2.05) is 18.2 Å². The number of sulfonamides is 1. The van der Waals surface area contributed by atoms with Gasteiger partial charge in [-0.3, -0.25) is 0 Å². The summed E-state index contributed by atoms with van der Waals surface area (Å²) in [7, 11) is -2.02. The number of hydrogen-bond acceptors (Lipinski definition) is 5. The zero-order valence-electron chi connectivity index (χ0n) is 15.4. The van der Waals surface area contributed by atoms with Crippen LogP contribution < -0.4 is 14.4 Å². The Labute approximate surface area is 160 Å². The molecule has 0 radical (unpaired) electrons. The third kappa shape index (κ3) is 3.49. The molecule has 2 aliphatic rings. The molecule has 6 nitrogen and oxygen atoms in total. The Hall–Kier alpha value is -2.25. The Morgan fingerprint density at radius 1 is 1.04 bits per heavy atom. The van der Waals surface area contributed by atoms with Gasteiger partial charge in [0.25, 0.3) is 0 Å². The summed E-state index contributed by atoms with van der Waals surface area (Å²) in [6.07, 6.45) is 1.79. The number of hydrogen-bond donors (Lipinski definition) is 0. The van der Waals surface area contributed by atoms with Crippen LogP contribution in [0.2, 0.25) is 0 Å². The number of anilines is 1. The first-order valence-corrected chi connectivity index (χ1v) is 10.7. The predicted octanol–water partition coefficient (Wildman–Crippen LogP) is 2.75. The van der Waals surface area contributed by atoms with Crippen molar-refractivity contribution in [3.05, 3.63) is 48.5 Å². The Morgan fingerprint density at radius 3 is 2.63 bits per heavy atom. The van der Waals surface area contributed by atoms with Crippen molar-refractivity contribution in [1.29, 1.82) is 0 Å². The van der Waals surface area contributed by atoms with Gasteiger partial charge in [0.15, 0.2) is 11.5 Å². The molecule has 2 aromatic carbocycles. The van der Waals surface area contributed by atoms with Crippen molar-refractivity contribution in [2.24, 2.45) is 0 Å². The highest BCUT2D eigenvalue weighted by Gasteiger charge is 2.34. The third-order valence-electron chi connectivity index (χ3n) is 5.22. The number of nitrogens with zero attached hydrogens (tertiary/aromatic N) is 2. The summed E-state index contributed by atoms with van der Waals surface area (Å²) in [5.74, 6) is 0.816. The van der Waals surface area contributed by atoms with Gasteiger partial charge in [0, 0.05) is 31.9 Å². The van der Waals surface area contributed by atoms with Crippen LogP contribution in [-0.4, -0.2) is 52.1 Å². The van der Waals surface area contributed by atoms with Crippen LogP contribution in [0.4, 0.5) is 5.69 Å². The summed E-state index contributed by atoms with van der Waals surface area (Å²) >= 11 is 0. The van der Waals surface area contributed by atoms with Crippen LogP contribution in [0.3, 0.4) is 0 Å². The first-order valence-electron chi connectivity index (χ1n) is 9.24. The molecule has 0 N–H and O–H groups in total. The highest BCUT2D eigenvalue weighted by atomic mass is 32.2. The Bertz CT molecular complexity index is 901. The molecule has 0 amide bonds. The van der Waals surface area contributed by atoms with E-state index in [0.717, 1.165) is 25.1 Å². The number of para-hydroxylation sites is 2. The number of ether oxygens (including phenoxy) is 2. The van der Waals surface area contributed by atoms with Gasteiger partial charge >= 0.3 is 0 Å². The summed E-state index contributed by atoms with van der Waals surface area (Å²) in [6.45, 7) is 2.40. The summed E-state index contributed by atoms with van der Waals surface area (Å²) in [6, 6.07) is 15.1. The minimum Gasteiger partial charge on any atom is -0.486 e. The molecule has 2 heterocycles. The zero-order valence-corrected chi connectivity index (χ0v) is 16.2. The Morgan fingerprint density at radius 2 is 1.81 bits per heavy atom. The number of piperidine rings is 1. The van der Waals surface area contributed by atoms with Gasteiger partial charge in [-0.2, -0.15) is 4.31 Å². The molecule has 0 saturated carbocycles. The zero-order chi connectivity index (χ0) is 18.9. The number of likely N-dealkylation sites (N-methyl/N-ethyl adjacent to an activating group) is 1. The fraction of sp³-hybridized carbons (Fsp3) is 0.400. The molecule has 0 bridgehead atoms. The maximum absolute atomic E-state index is 13.3. The molecule has 0 aliphatic carbocycles. The molecule has 0 spiro atoms. The van der Waals surface area contributed by atoms with Gasteiger partial charge in [-0.1, -0.05) is 24.3 Å². The lowest BCUT2D eigenvalue weighted by atomic mass is 10.1. The van der Waals surface area contributed by atoms with Crippen molar-refractivity contribution in [2.75, 3.05) is 38.3 Å². The van der Waals surface area contributed by atoms with Crippen LogP contribution in [0.25, 0.3) is 0 Å². The fourth-order valence-electron chi connectivity index (χ4n) is 3.73. The lowest BCUT2D eigenvalue weighted by Gasteiger charge is -2.38. The van der Waals surface area contributed by atoms with Crippen LogP contribution >= 0.6 is 0 Å². The van der Waals surface area contributed by atoms with Crippen molar-refractivity contribution in [3.8, 4) is 11.5 Å². The van der Waals surface area contributed by atoms with Crippen LogP contribution in [0.5, 0.6) is 11.5 Å². The number of rotatable bonds is 4. The van der Waals surface area contributed by atoms with E-state index in [2.05, 4.69) is 17.0 Å². The van der Waals surface area contributed by atoms with Gasteiger partial charge in [0.1, 0.15) is 18.1 Å². The summed E-state index contributed by atoms with van der Waals surface area (Å²) in [4.78, 5) is 2.43. The minimum atomic E-state index is -3.68. The largest absolute Gasteiger partial charge is 0.486 e. The topological polar surface area (TPSA) is 59.1 Å². The normalized spacial score (nSPS) is 19.9. The molecule has 144 valence electrons. The molecule has 4 rings (SSSR count). The average molecular weight is 388 g/mol. The number of fused-ring (bicyclic) bond motifs is 1. The first kappa shape index (κ1) is 18.1. The fourth-order valence-corrected chi connectivity index (χ4v) is 5.25. The summed E-state index contributed by atoms with van der Waals surface area (Å²) < 4.78 is 39.3. The molecule has 27 heavy (non-hydrogen) atoms. The second-order valence-corrected chi connectivity index (χ2v) is 8.85. The number of benzene rings is 2. The molecular weight excluding hydrogens is 364 g/mol. The van der Waals surface area contributed by atoms with E-state index < -0.39 is 10.0 Å². The third-order valence-corrected chi connectivity index (χ3v) is 7.15. The van der Waals surface area contributed by atoms with Crippen LogP contribution in [0.15, 0.2) is 53.4 Å². The lowest BCUT2D eigenvalue weighted by molar-refractivity contribution is 0.166. The van der Waals surface area contributed by atoms with E-state index in [4.69, 9.17) is 9.47 Å². The van der Waals surface area contributed by atoms with Crippen LogP contribution in [0, 0.1) is 0 Å². The minimum absolute atomic E-state index is 0.0932. The van der Waals surface area contributed by atoms with Crippen molar-refractivity contribution < 1.29 is 17.9 Å². The highest BCUT2D eigenvalue weighted by molar-refractivity contribution is 7.89. The quantitative estimate of drug-likeness (QED) is 0.806. The standard InChI is InChI=1S/C20H24N2O4S/c1-21(17-9-6-12-22(15-17)16-7-3-2-4-8-16)27(23,24)19-11-5-10-18-20(19)26-14-13-25-18/h2-5,7-8,10-11,17H,6,9,12-15H2,1H3/t17-/m1/s1. The van der Waals surface area contributed by atoms with Crippen molar-refractivity contribution in [3.63, 3.8) is 0 Å². The first-order chi connectivity index (χ1) is 13.1. The van der Waals surface area contributed by atoms with E-state index in [9.17, 15) is 8.42 Å². The van der Waals surface area contributed by atoms with Gasteiger partial charge in [0.05, 0.1) is 0 Å². The van der Waals surface area contributed by atoms with E-state index in [1.54, 1.807) is 25.2 Å². The molecule has 0 unspecified atom stereocenters. The molecule has 2 aromatic rings. The molecular formula is C20H24N2O4S. The Balaban J connectivity index is 1.59. The van der Waals surface area contributed by atoms with Gasteiger partial charge in [-0.05, 0) is 37.1 Å². The van der Waals surface area contributed by atoms with E-state index in [-0.39, 0.29) is 10.9 Å². The highest BCUT2D eigenvalue weighted by Crippen LogP contribution is 2.38. The lowest BCUT2D eigenvalue weighted by Crippen LogP contribution is -2.48. The average Bonchev–Trinajstić information content (AvgIpc) is 2.73. The van der Waals surface area contributed by atoms with E-state index in [0.29, 0.717) is 31.3 Å². The molecule has 7 heteroatoms. The SMILES string of the molecule is CN([C@@H]1CCCN(c2ccccc2)C1)S(=O)(=O)c1cccc2c1OCCO2. The summed E-state index contributed by atoms with van der Waals surface area (Å²) in [5.41, 5.74) is 1.13. The molecule has 2 aliphatic heterocycles. The Kier molecular flexibility index (Phi) is 4.97. The van der Waals surface area contributed by atoms with Crippen LogP contribution in [0.1, 0.15) is 12.8 Å². The second-order valence-electron chi connectivity index (χ2n) is 6.88. The van der Waals surface area contributed by atoms with Gasteiger partial charge < -0.3 is 14.4 Å². The second kappa shape index (κ2) is 7.40. The van der Waals surface area contributed by atoms with Gasteiger partial charge in [-0.15, -0.1) is 0 Å². The van der Waals surface area contributed by atoms with Gasteiger partial charge in [-0.25, -0.2) is 8.42 Å². The molecule has 1 atom stereocenters. The van der Waals surface area contributed by atoms with Crippen LogP contribution in [-0.2, 0) is 10.0 Å². The molecule has 1 fully saturated rings. The van der Waals surface area contributed by atoms with E-state index in [1.165, 1.54) is 4.31 Å². The van der Waals surface area contributed by atoms with Crippen molar-refractivity contribution >= 4 is 15.7 Å². The maximum atomic E-state index is 13.3. The maximum Gasteiger partial charge on any atom is 0.246 e. The smallest absolute Gasteiger partial charge is 0.246 e. The predicted molar refractivity (Wildman–Crippen MR) is 104 cm³/mol. The van der Waals surface area contributed by atoms with E-state index >= 15 is 0 Å². The molecule has 0 aromatic heterocycles. The van der Waals surface area contributed by atoms with Gasteiger partial charge in [0.2, 0.25) is 10.0 Å². The monoisotopic (exact) mass is 388 g/mol. The van der Waals surface area contributed by atoms with Crippen molar-refractivity contribution in [2.45, 2.75) is 23.8 Å². The summed E-state index contributed by atoms with van der Waals surface area (Å²) in [5, 5.41) is 0. The molecule has 1 saturated heterocycles.